The summed E-state index contributed by atoms with van der Waals surface area (Å²) in [6.45, 7) is 2.65. The van der Waals surface area contributed by atoms with Gasteiger partial charge in [0.15, 0.2) is 0 Å². The third-order valence-corrected chi connectivity index (χ3v) is 2.99. The molecule has 0 heterocycles. The summed E-state index contributed by atoms with van der Waals surface area (Å²) in [5, 5.41) is 5.80. The fourth-order valence-corrected chi connectivity index (χ4v) is 1.62. The smallest absolute Gasteiger partial charge is 0.239 e. The largest absolute Gasteiger partial charge is 0.376 e. The van der Waals surface area contributed by atoms with Crippen LogP contribution in [0.25, 0.3) is 0 Å². The first-order valence-electron chi connectivity index (χ1n) is 5.92. The van der Waals surface area contributed by atoms with Crippen LogP contribution in [0.1, 0.15) is 18.4 Å². The molecule has 0 radical (unpaired) electrons. The maximum Gasteiger partial charge on any atom is 0.239 e. The molecule has 0 spiro atoms. The Kier molecular flexibility index (Phi) is 3.61. The van der Waals surface area contributed by atoms with Gasteiger partial charge in [0.2, 0.25) is 5.91 Å². The molecule has 1 fully saturated rings. The van der Waals surface area contributed by atoms with Crippen LogP contribution in [-0.4, -0.2) is 19.0 Å². The van der Waals surface area contributed by atoms with Crippen LogP contribution in [0, 0.1) is 18.7 Å². The second-order valence-corrected chi connectivity index (χ2v) is 4.51. The number of hydrogen-bond donors (Lipinski definition) is 2. The minimum atomic E-state index is -0.256. The van der Waals surface area contributed by atoms with E-state index in [-0.39, 0.29) is 18.3 Å². The van der Waals surface area contributed by atoms with Gasteiger partial charge in [-0.1, -0.05) is 6.07 Å². The summed E-state index contributed by atoms with van der Waals surface area (Å²) in [6, 6.07) is 4.81. The van der Waals surface area contributed by atoms with Gasteiger partial charge in [0, 0.05) is 17.8 Å². The summed E-state index contributed by atoms with van der Waals surface area (Å²) in [6.07, 6.45) is 2.44. The van der Waals surface area contributed by atoms with E-state index >= 15 is 0 Å². The van der Waals surface area contributed by atoms with E-state index in [0.717, 1.165) is 6.54 Å². The predicted octanol–water partition coefficient (Wildman–Crippen LogP) is 2.07. The Morgan fingerprint density at radius 2 is 2.24 bits per heavy atom. The highest BCUT2D eigenvalue weighted by atomic mass is 19.1. The van der Waals surface area contributed by atoms with Crippen molar-refractivity contribution in [1.29, 1.82) is 0 Å². The van der Waals surface area contributed by atoms with Crippen LogP contribution in [0.5, 0.6) is 0 Å². The topological polar surface area (TPSA) is 41.1 Å². The van der Waals surface area contributed by atoms with E-state index in [4.69, 9.17) is 0 Å². The molecule has 0 unspecified atom stereocenters. The van der Waals surface area contributed by atoms with E-state index in [9.17, 15) is 9.18 Å². The van der Waals surface area contributed by atoms with Gasteiger partial charge in [0.1, 0.15) is 5.82 Å². The fourth-order valence-electron chi connectivity index (χ4n) is 1.62. The predicted molar refractivity (Wildman–Crippen MR) is 65.4 cm³/mol. The Balaban J connectivity index is 1.79. The number of hydrogen-bond acceptors (Lipinski definition) is 2. The van der Waals surface area contributed by atoms with Crippen molar-refractivity contribution in [3.05, 3.63) is 29.6 Å². The van der Waals surface area contributed by atoms with Crippen molar-refractivity contribution in [2.45, 2.75) is 19.8 Å². The lowest BCUT2D eigenvalue weighted by atomic mass is 10.2. The first kappa shape index (κ1) is 11.9. The number of amides is 1. The summed E-state index contributed by atoms with van der Waals surface area (Å²) in [7, 11) is 0. The monoisotopic (exact) mass is 236 g/mol. The second kappa shape index (κ2) is 5.17. The van der Waals surface area contributed by atoms with E-state index in [1.165, 1.54) is 18.9 Å². The summed E-state index contributed by atoms with van der Waals surface area (Å²) in [5.74, 6) is 0.379. The van der Waals surface area contributed by atoms with Crippen LogP contribution in [0.15, 0.2) is 18.2 Å². The third-order valence-electron chi connectivity index (χ3n) is 2.99. The highest BCUT2D eigenvalue weighted by Gasteiger charge is 2.21. The molecule has 0 saturated heterocycles. The highest BCUT2D eigenvalue weighted by molar-refractivity contribution is 5.80. The zero-order valence-corrected chi connectivity index (χ0v) is 9.92. The first-order valence-corrected chi connectivity index (χ1v) is 5.92. The Morgan fingerprint density at radius 3 is 2.94 bits per heavy atom. The maximum absolute atomic E-state index is 13.2. The van der Waals surface area contributed by atoms with Gasteiger partial charge in [0.25, 0.3) is 0 Å². The van der Waals surface area contributed by atoms with E-state index in [0.29, 0.717) is 17.2 Å². The molecule has 1 amide bonds. The van der Waals surface area contributed by atoms with Crippen molar-refractivity contribution < 1.29 is 9.18 Å². The SMILES string of the molecule is Cc1c(F)cccc1NCC(=O)NCC1CC1. The Hall–Kier alpha value is -1.58. The van der Waals surface area contributed by atoms with E-state index in [1.807, 2.05) is 0 Å². The highest BCUT2D eigenvalue weighted by Crippen LogP contribution is 2.27. The molecule has 1 aromatic rings. The van der Waals surface area contributed by atoms with Crippen molar-refractivity contribution >= 4 is 11.6 Å². The summed E-state index contributed by atoms with van der Waals surface area (Å²) < 4.78 is 13.2. The molecule has 1 aliphatic rings. The molecule has 4 heteroatoms. The van der Waals surface area contributed by atoms with E-state index in [1.54, 1.807) is 19.1 Å². The molecule has 0 aromatic heterocycles. The van der Waals surface area contributed by atoms with Gasteiger partial charge in [-0.15, -0.1) is 0 Å². The summed E-state index contributed by atoms with van der Waals surface area (Å²) >= 11 is 0. The standard InChI is InChI=1S/C13H17FN2O/c1-9-11(14)3-2-4-12(9)15-8-13(17)16-7-10-5-6-10/h2-4,10,15H,5-8H2,1H3,(H,16,17). The zero-order valence-electron chi connectivity index (χ0n) is 9.92. The molecule has 1 saturated carbocycles. The first-order chi connectivity index (χ1) is 8.16. The number of nitrogens with one attached hydrogen (secondary N) is 2. The quantitative estimate of drug-likeness (QED) is 0.821. The normalized spacial score (nSPS) is 14.5. The van der Waals surface area contributed by atoms with Crippen LogP contribution >= 0.6 is 0 Å². The van der Waals surface area contributed by atoms with Crippen molar-refractivity contribution in [3.8, 4) is 0 Å². The fraction of sp³-hybridized carbons (Fsp3) is 0.462. The molecule has 0 bridgehead atoms. The molecule has 0 atom stereocenters. The average molecular weight is 236 g/mol. The van der Waals surface area contributed by atoms with Crippen LogP contribution in [-0.2, 0) is 4.79 Å². The van der Waals surface area contributed by atoms with Gasteiger partial charge < -0.3 is 10.6 Å². The molecule has 0 aliphatic heterocycles. The maximum atomic E-state index is 13.2. The molecule has 2 rings (SSSR count). The van der Waals surface area contributed by atoms with Gasteiger partial charge in [0.05, 0.1) is 6.54 Å². The second-order valence-electron chi connectivity index (χ2n) is 4.51. The van der Waals surface area contributed by atoms with Crippen molar-refractivity contribution in [1.82, 2.24) is 5.32 Å². The van der Waals surface area contributed by atoms with E-state index < -0.39 is 0 Å². The van der Waals surface area contributed by atoms with Gasteiger partial charge >= 0.3 is 0 Å². The van der Waals surface area contributed by atoms with Crippen LogP contribution in [0.4, 0.5) is 10.1 Å². The minimum absolute atomic E-state index is 0.0411. The van der Waals surface area contributed by atoms with Gasteiger partial charge in [-0.2, -0.15) is 0 Å². The summed E-state index contributed by atoms with van der Waals surface area (Å²) in [5.41, 5.74) is 1.22. The molecular formula is C13H17FN2O. The third kappa shape index (κ3) is 3.44. The molecule has 92 valence electrons. The average Bonchev–Trinajstić information content (AvgIpc) is 3.12. The van der Waals surface area contributed by atoms with Crippen molar-refractivity contribution in [2.75, 3.05) is 18.4 Å². The zero-order chi connectivity index (χ0) is 12.3. The van der Waals surface area contributed by atoms with Crippen molar-refractivity contribution in [2.24, 2.45) is 5.92 Å². The van der Waals surface area contributed by atoms with Crippen LogP contribution in [0.3, 0.4) is 0 Å². The molecule has 17 heavy (non-hydrogen) atoms. The lowest BCUT2D eigenvalue weighted by Gasteiger charge is -2.10. The minimum Gasteiger partial charge on any atom is -0.376 e. The molecule has 1 aliphatic carbocycles. The van der Waals surface area contributed by atoms with Crippen LogP contribution in [0.2, 0.25) is 0 Å². The number of anilines is 1. The van der Waals surface area contributed by atoms with Gasteiger partial charge in [-0.25, -0.2) is 4.39 Å². The van der Waals surface area contributed by atoms with Gasteiger partial charge in [-0.3, -0.25) is 4.79 Å². The van der Waals surface area contributed by atoms with Crippen LogP contribution < -0.4 is 10.6 Å². The van der Waals surface area contributed by atoms with E-state index in [2.05, 4.69) is 10.6 Å². The lowest BCUT2D eigenvalue weighted by molar-refractivity contribution is -0.119. The number of rotatable bonds is 5. The molecule has 2 N–H and O–H groups in total. The Bertz CT molecular complexity index is 416. The molecule has 1 aromatic carbocycles. The molecule has 3 nitrogen and oxygen atoms in total. The number of halogens is 1. The molecular weight excluding hydrogens is 219 g/mol. The number of carbonyl (C=O) groups excluding carboxylic acids is 1. The van der Waals surface area contributed by atoms with Gasteiger partial charge in [-0.05, 0) is 37.8 Å². The number of benzene rings is 1. The van der Waals surface area contributed by atoms with Crippen molar-refractivity contribution in [3.63, 3.8) is 0 Å². The Labute approximate surface area is 100 Å². The number of carbonyl (C=O) groups is 1. The lowest BCUT2D eigenvalue weighted by Crippen LogP contribution is -2.31. The Morgan fingerprint density at radius 1 is 1.47 bits per heavy atom. The summed E-state index contributed by atoms with van der Waals surface area (Å²) in [4.78, 5) is 11.5.